The number of hydrogen-bond donors (Lipinski definition) is 5. The Balaban J connectivity index is 0.000000258. The van der Waals surface area contributed by atoms with Gasteiger partial charge in [-0.1, -0.05) is 72.3 Å². The number of fused-ring (bicyclic) bond motifs is 1. The number of nitrogens with two attached hydrogens (primary N) is 2. The molecule has 0 radical (unpaired) electrons. The molecule has 0 aliphatic heterocycles. The van der Waals surface area contributed by atoms with Gasteiger partial charge in [0.1, 0.15) is 11.9 Å². The first-order valence-corrected chi connectivity index (χ1v) is 9.96. The molecule has 3 aromatic rings. The van der Waals surface area contributed by atoms with E-state index < -0.39 is 6.04 Å². The van der Waals surface area contributed by atoms with Gasteiger partial charge in [-0.2, -0.15) is 0 Å². The molecule has 0 aromatic heterocycles. The molecule has 0 aliphatic rings. The Morgan fingerprint density at radius 1 is 1.00 bits per heavy atom. The first-order chi connectivity index (χ1) is 14.8. The summed E-state index contributed by atoms with van der Waals surface area (Å²) < 4.78 is 0. The van der Waals surface area contributed by atoms with E-state index >= 15 is 0 Å². The van der Waals surface area contributed by atoms with Gasteiger partial charge < -0.3 is 22.1 Å². The van der Waals surface area contributed by atoms with Crippen LogP contribution in [0.1, 0.15) is 23.6 Å². The number of hydrogen-bond acceptors (Lipinski definition) is 4. The second-order valence-electron chi connectivity index (χ2n) is 7.17. The number of benzene rings is 3. The zero-order valence-corrected chi connectivity index (χ0v) is 17.8. The molecule has 3 rings (SSSR count). The van der Waals surface area contributed by atoms with E-state index in [9.17, 15) is 9.59 Å². The van der Waals surface area contributed by atoms with Gasteiger partial charge in [0.25, 0.3) is 0 Å². The second-order valence-corrected chi connectivity index (χ2v) is 7.17. The largest absolute Gasteiger partial charge is 0.384 e. The van der Waals surface area contributed by atoms with Crippen molar-refractivity contribution in [3.05, 3.63) is 83.4 Å². The molecule has 162 valence electrons. The van der Waals surface area contributed by atoms with Gasteiger partial charge >= 0.3 is 0 Å². The van der Waals surface area contributed by atoms with E-state index in [0.29, 0.717) is 12.1 Å². The molecule has 1 unspecified atom stereocenters. The van der Waals surface area contributed by atoms with Crippen LogP contribution in [0.4, 0.5) is 0 Å². The highest BCUT2D eigenvalue weighted by Gasteiger charge is 2.14. The summed E-state index contributed by atoms with van der Waals surface area (Å²) in [6.45, 7) is 3.89. The molecule has 0 fully saturated rings. The first-order valence-electron chi connectivity index (χ1n) is 9.96. The van der Waals surface area contributed by atoms with E-state index in [1.807, 2.05) is 0 Å². The van der Waals surface area contributed by atoms with Gasteiger partial charge in [0.15, 0.2) is 0 Å². The monoisotopic (exact) mass is 419 g/mol. The van der Waals surface area contributed by atoms with Crippen molar-refractivity contribution in [1.29, 1.82) is 5.41 Å². The fourth-order valence-electron chi connectivity index (χ4n) is 2.82. The lowest BCUT2D eigenvalue weighted by Gasteiger charge is -2.13. The van der Waals surface area contributed by atoms with Crippen LogP contribution < -0.4 is 22.1 Å². The average molecular weight is 420 g/mol. The van der Waals surface area contributed by atoms with Gasteiger partial charge in [-0.05, 0) is 30.2 Å². The highest BCUT2D eigenvalue weighted by atomic mass is 16.2. The predicted molar refractivity (Wildman–Crippen MR) is 125 cm³/mol. The number of aryl methyl sites for hydroxylation is 1. The molecule has 2 amide bonds. The van der Waals surface area contributed by atoms with Crippen LogP contribution in [-0.2, 0) is 16.1 Å². The van der Waals surface area contributed by atoms with Crippen LogP contribution in [0.2, 0.25) is 0 Å². The fourth-order valence-corrected chi connectivity index (χ4v) is 2.82. The lowest BCUT2D eigenvalue weighted by Crippen LogP contribution is -2.46. The Bertz CT molecular complexity index is 1050. The molecule has 0 aliphatic carbocycles. The molecule has 31 heavy (non-hydrogen) atoms. The summed E-state index contributed by atoms with van der Waals surface area (Å²) in [5.41, 5.74) is 13.3. The van der Waals surface area contributed by atoms with Crippen LogP contribution in [-0.4, -0.2) is 30.2 Å². The predicted octanol–water partition coefficient (Wildman–Crippen LogP) is 2.20. The van der Waals surface area contributed by atoms with Crippen molar-refractivity contribution in [3.8, 4) is 0 Å². The molecule has 3 aromatic carbocycles. The normalized spacial score (nSPS) is 11.1. The SMILES string of the molecule is CC(NC(=O)CN)C(=O)NCc1ccc(C(=N)N)cc1.Cc1ccc2ccccc2c1. The van der Waals surface area contributed by atoms with E-state index in [-0.39, 0.29) is 24.2 Å². The van der Waals surface area contributed by atoms with Crippen LogP contribution in [0.25, 0.3) is 10.8 Å². The fraction of sp³-hybridized carbons (Fsp3) is 0.208. The quantitative estimate of drug-likeness (QED) is 0.309. The van der Waals surface area contributed by atoms with E-state index in [4.69, 9.17) is 16.9 Å². The lowest BCUT2D eigenvalue weighted by molar-refractivity contribution is -0.128. The third-order valence-corrected chi connectivity index (χ3v) is 4.59. The van der Waals surface area contributed by atoms with Crippen molar-refractivity contribution < 1.29 is 9.59 Å². The first kappa shape index (κ1) is 23.6. The summed E-state index contributed by atoms with van der Waals surface area (Å²) in [5.74, 6) is -0.667. The van der Waals surface area contributed by atoms with Crippen molar-refractivity contribution in [2.24, 2.45) is 11.5 Å². The van der Waals surface area contributed by atoms with Crippen LogP contribution in [0.15, 0.2) is 66.7 Å². The van der Waals surface area contributed by atoms with Gasteiger partial charge in [0.05, 0.1) is 6.54 Å². The molecule has 1 atom stereocenters. The molecule has 7 N–H and O–H groups in total. The third kappa shape index (κ3) is 7.56. The topological polar surface area (TPSA) is 134 Å². The maximum Gasteiger partial charge on any atom is 0.242 e. The molecule has 0 heterocycles. The van der Waals surface area contributed by atoms with Gasteiger partial charge in [0, 0.05) is 12.1 Å². The van der Waals surface area contributed by atoms with Crippen molar-refractivity contribution in [1.82, 2.24) is 10.6 Å². The number of nitrogen functional groups attached to an aromatic ring is 1. The molecular weight excluding hydrogens is 390 g/mol. The van der Waals surface area contributed by atoms with Crippen molar-refractivity contribution in [3.63, 3.8) is 0 Å². The number of carbonyl (C=O) groups is 2. The Morgan fingerprint density at radius 3 is 2.26 bits per heavy atom. The minimum atomic E-state index is -0.637. The van der Waals surface area contributed by atoms with Gasteiger partial charge in [-0.25, -0.2) is 0 Å². The molecule has 0 saturated carbocycles. The number of rotatable bonds is 6. The number of amides is 2. The van der Waals surface area contributed by atoms with E-state index in [1.54, 1.807) is 31.2 Å². The van der Waals surface area contributed by atoms with Gasteiger partial charge in [-0.15, -0.1) is 0 Å². The highest BCUT2D eigenvalue weighted by Crippen LogP contribution is 2.14. The lowest BCUT2D eigenvalue weighted by atomic mass is 10.1. The van der Waals surface area contributed by atoms with E-state index in [0.717, 1.165) is 5.56 Å². The zero-order chi connectivity index (χ0) is 22.8. The van der Waals surface area contributed by atoms with E-state index in [2.05, 4.69) is 60.0 Å². The van der Waals surface area contributed by atoms with Crippen LogP contribution >= 0.6 is 0 Å². The summed E-state index contributed by atoms with van der Waals surface area (Å²) in [6, 6.07) is 21.3. The van der Waals surface area contributed by atoms with Crippen molar-refractivity contribution >= 4 is 28.4 Å². The number of amidine groups is 1. The smallest absolute Gasteiger partial charge is 0.242 e. The number of carbonyl (C=O) groups excluding carboxylic acids is 2. The zero-order valence-electron chi connectivity index (χ0n) is 17.8. The summed E-state index contributed by atoms with van der Waals surface area (Å²) in [6.07, 6.45) is 0. The maximum atomic E-state index is 11.7. The van der Waals surface area contributed by atoms with Crippen LogP contribution in [0, 0.1) is 12.3 Å². The van der Waals surface area contributed by atoms with Crippen LogP contribution in [0.3, 0.4) is 0 Å². The summed E-state index contributed by atoms with van der Waals surface area (Å²) >= 11 is 0. The maximum absolute atomic E-state index is 11.7. The summed E-state index contributed by atoms with van der Waals surface area (Å²) in [5, 5.41) is 15.1. The summed E-state index contributed by atoms with van der Waals surface area (Å²) in [4.78, 5) is 22.8. The Morgan fingerprint density at radius 2 is 1.65 bits per heavy atom. The molecule has 0 spiro atoms. The minimum Gasteiger partial charge on any atom is -0.384 e. The standard InChI is InChI=1S/C13H19N5O2.C11H10/c1-8(18-11(19)6-14)13(20)17-7-9-2-4-10(5-3-9)12(15)16;1-9-6-7-10-4-2-3-5-11(10)8-9/h2-5,8H,6-7,14H2,1H3,(H3,15,16)(H,17,20)(H,18,19);2-8H,1H3. The summed E-state index contributed by atoms with van der Waals surface area (Å²) in [7, 11) is 0. The highest BCUT2D eigenvalue weighted by molar-refractivity contribution is 5.94. The molecule has 0 bridgehead atoms. The average Bonchev–Trinajstić information content (AvgIpc) is 2.77. The second kappa shape index (κ2) is 11.5. The molecule has 0 saturated heterocycles. The van der Waals surface area contributed by atoms with Gasteiger partial charge in [-0.3, -0.25) is 15.0 Å². The van der Waals surface area contributed by atoms with Gasteiger partial charge in [0.2, 0.25) is 11.8 Å². The molecular formula is C24H29N5O2. The van der Waals surface area contributed by atoms with Crippen LogP contribution in [0.5, 0.6) is 0 Å². The third-order valence-electron chi connectivity index (χ3n) is 4.59. The van der Waals surface area contributed by atoms with E-state index in [1.165, 1.54) is 16.3 Å². The molecule has 7 heteroatoms. The Kier molecular flexibility index (Phi) is 8.72. The van der Waals surface area contributed by atoms with Crippen molar-refractivity contribution in [2.75, 3.05) is 6.54 Å². The Labute approximate surface area is 182 Å². The Hall–Kier alpha value is -3.71. The number of nitrogens with one attached hydrogen (secondary N) is 3. The molecule has 7 nitrogen and oxygen atoms in total. The minimum absolute atomic E-state index is 0.00120. The van der Waals surface area contributed by atoms with Crippen molar-refractivity contribution in [2.45, 2.75) is 26.4 Å².